The molecule has 6 heteroatoms. The molecular weight excluding hydrogens is 310 g/mol. The van der Waals surface area contributed by atoms with Gasteiger partial charge in [-0.05, 0) is 44.6 Å². The molecule has 1 aliphatic carbocycles. The number of hydrogen-bond acceptors (Lipinski definition) is 4. The summed E-state index contributed by atoms with van der Waals surface area (Å²) >= 11 is 7.44. The van der Waals surface area contributed by atoms with Gasteiger partial charge in [-0.2, -0.15) is 0 Å². The van der Waals surface area contributed by atoms with Gasteiger partial charge in [-0.25, -0.2) is 4.79 Å². The summed E-state index contributed by atoms with van der Waals surface area (Å²) in [6.07, 6.45) is 4.56. The van der Waals surface area contributed by atoms with Gasteiger partial charge in [0.15, 0.2) is 0 Å². The van der Waals surface area contributed by atoms with Crippen molar-refractivity contribution in [1.82, 2.24) is 0 Å². The largest absolute Gasteiger partial charge is 0.462 e. The Morgan fingerprint density at radius 2 is 2.05 bits per heavy atom. The number of fused-ring (bicyclic) bond motifs is 1. The van der Waals surface area contributed by atoms with E-state index < -0.39 is 5.38 Å². The molecule has 4 nitrogen and oxygen atoms in total. The Morgan fingerprint density at radius 3 is 2.71 bits per heavy atom. The molecule has 1 N–H and O–H groups in total. The van der Waals surface area contributed by atoms with E-state index in [1.807, 2.05) is 6.92 Å². The second kappa shape index (κ2) is 7.27. The van der Waals surface area contributed by atoms with Crippen LogP contribution in [0.25, 0.3) is 0 Å². The first-order chi connectivity index (χ1) is 10.1. The van der Waals surface area contributed by atoms with Crippen LogP contribution in [0.5, 0.6) is 0 Å². The molecule has 0 aromatic carbocycles. The third kappa shape index (κ3) is 3.58. The summed E-state index contributed by atoms with van der Waals surface area (Å²) in [5.41, 5.74) is 1.58. The molecule has 0 radical (unpaired) electrons. The molecule has 2 rings (SSSR count). The van der Waals surface area contributed by atoms with Crippen LogP contribution in [0.3, 0.4) is 0 Å². The maximum Gasteiger partial charge on any atom is 0.341 e. The lowest BCUT2D eigenvalue weighted by Crippen LogP contribution is -2.23. The highest BCUT2D eigenvalue weighted by molar-refractivity contribution is 7.17. The van der Waals surface area contributed by atoms with Crippen molar-refractivity contribution < 1.29 is 14.3 Å². The molecule has 1 aromatic rings. The Hall–Kier alpha value is -1.07. The van der Waals surface area contributed by atoms with Crippen molar-refractivity contribution >= 4 is 39.8 Å². The Kier molecular flexibility index (Phi) is 5.65. The summed E-state index contributed by atoms with van der Waals surface area (Å²) < 4.78 is 5.14. The van der Waals surface area contributed by atoms with Crippen molar-refractivity contribution in [3.05, 3.63) is 16.0 Å². The second-order valence-electron chi connectivity index (χ2n) is 5.00. The number of amides is 1. The zero-order chi connectivity index (χ0) is 15.4. The Bertz CT molecular complexity index is 541. The van der Waals surface area contributed by atoms with Gasteiger partial charge in [0, 0.05) is 4.88 Å². The molecule has 0 spiro atoms. The highest BCUT2D eigenvalue weighted by Crippen LogP contribution is 2.38. The van der Waals surface area contributed by atoms with Crippen LogP contribution in [0.4, 0.5) is 5.00 Å². The van der Waals surface area contributed by atoms with Gasteiger partial charge in [0.2, 0.25) is 5.91 Å². The van der Waals surface area contributed by atoms with E-state index in [0.29, 0.717) is 23.6 Å². The highest BCUT2D eigenvalue weighted by Gasteiger charge is 2.28. The van der Waals surface area contributed by atoms with Crippen molar-refractivity contribution in [3.8, 4) is 0 Å². The summed E-state index contributed by atoms with van der Waals surface area (Å²) in [4.78, 5) is 25.4. The average molecular weight is 330 g/mol. The summed E-state index contributed by atoms with van der Waals surface area (Å²) in [5.74, 6) is -0.613. The van der Waals surface area contributed by atoms with Crippen LogP contribution in [0, 0.1) is 0 Å². The average Bonchev–Trinajstić information content (AvgIpc) is 2.84. The summed E-state index contributed by atoms with van der Waals surface area (Å²) in [7, 11) is 0. The van der Waals surface area contributed by atoms with Crippen molar-refractivity contribution in [2.45, 2.75) is 51.3 Å². The lowest BCUT2D eigenvalue weighted by atomic mass is 9.95. The van der Waals surface area contributed by atoms with Crippen molar-refractivity contribution in [2.75, 3.05) is 11.9 Å². The predicted molar refractivity (Wildman–Crippen MR) is 85.5 cm³/mol. The number of carbonyl (C=O) groups excluding carboxylic acids is 2. The fourth-order valence-corrected chi connectivity index (χ4v) is 3.78. The SMILES string of the molecule is CCOC(=O)c1c(NC(=O)[C@H](Cl)CC)sc2c1CCCC2. The zero-order valence-corrected chi connectivity index (χ0v) is 13.9. The molecule has 1 heterocycles. The summed E-state index contributed by atoms with van der Waals surface area (Å²) in [6, 6.07) is 0. The first kappa shape index (κ1) is 16.3. The number of halogens is 1. The monoisotopic (exact) mass is 329 g/mol. The predicted octanol–water partition coefficient (Wildman–Crippen LogP) is 3.76. The molecule has 0 aliphatic heterocycles. The van der Waals surface area contributed by atoms with Gasteiger partial charge in [0.25, 0.3) is 0 Å². The third-order valence-corrected chi connectivity index (χ3v) is 5.24. The first-order valence-corrected chi connectivity index (χ1v) is 8.60. The molecule has 1 aliphatic rings. The minimum Gasteiger partial charge on any atom is -0.462 e. The number of aryl methyl sites for hydroxylation is 1. The molecule has 1 amide bonds. The van der Waals surface area contributed by atoms with Gasteiger partial charge in [0.1, 0.15) is 10.4 Å². The van der Waals surface area contributed by atoms with E-state index in [1.54, 1.807) is 6.92 Å². The molecule has 0 saturated heterocycles. The Balaban J connectivity index is 2.33. The van der Waals surface area contributed by atoms with E-state index in [2.05, 4.69) is 5.32 Å². The lowest BCUT2D eigenvalue weighted by molar-refractivity contribution is -0.115. The summed E-state index contributed by atoms with van der Waals surface area (Å²) in [5, 5.41) is 2.81. The van der Waals surface area contributed by atoms with E-state index >= 15 is 0 Å². The number of hydrogen-bond donors (Lipinski definition) is 1. The second-order valence-corrected chi connectivity index (χ2v) is 6.63. The molecule has 0 saturated carbocycles. The molecule has 21 heavy (non-hydrogen) atoms. The minimum atomic E-state index is -0.584. The normalized spacial score (nSPS) is 15.2. The van der Waals surface area contributed by atoms with E-state index in [9.17, 15) is 9.59 Å². The van der Waals surface area contributed by atoms with Gasteiger partial charge < -0.3 is 10.1 Å². The van der Waals surface area contributed by atoms with Crippen molar-refractivity contribution in [2.24, 2.45) is 0 Å². The maximum absolute atomic E-state index is 12.2. The van der Waals surface area contributed by atoms with Crippen LogP contribution in [-0.4, -0.2) is 23.9 Å². The molecule has 0 fully saturated rings. The smallest absolute Gasteiger partial charge is 0.341 e. The van der Waals surface area contributed by atoms with Crippen molar-refractivity contribution in [3.63, 3.8) is 0 Å². The molecule has 1 atom stereocenters. The lowest BCUT2D eigenvalue weighted by Gasteiger charge is -2.12. The van der Waals surface area contributed by atoms with Crippen LogP contribution in [-0.2, 0) is 22.4 Å². The van der Waals surface area contributed by atoms with E-state index in [0.717, 1.165) is 31.2 Å². The molecule has 1 aromatic heterocycles. The highest BCUT2D eigenvalue weighted by atomic mass is 35.5. The minimum absolute atomic E-state index is 0.261. The van der Waals surface area contributed by atoms with Gasteiger partial charge >= 0.3 is 5.97 Å². The topological polar surface area (TPSA) is 55.4 Å². The number of nitrogens with one attached hydrogen (secondary N) is 1. The van der Waals surface area contributed by atoms with Gasteiger partial charge in [0.05, 0.1) is 12.2 Å². The fourth-order valence-electron chi connectivity index (χ4n) is 2.45. The van der Waals surface area contributed by atoms with E-state index in [1.165, 1.54) is 16.2 Å². The number of thiophene rings is 1. The first-order valence-electron chi connectivity index (χ1n) is 7.35. The number of ether oxygens (including phenoxy) is 1. The Labute approximate surface area is 133 Å². The number of rotatable bonds is 5. The quantitative estimate of drug-likeness (QED) is 0.661. The van der Waals surface area contributed by atoms with Crippen LogP contribution in [0.2, 0.25) is 0 Å². The Morgan fingerprint density at radius 1 is 1.33 bits per heavy atom. The number of carbonyl (C=O) groups is 2. The summed E-state index contributed by atoms with van der Waals surface area (Å²) in [6.45, 7) is 3.95. The molecular formula is C15H20ClNO3S. The van der Waals surface area contributed by atoms with Gasteiger partial charge in [-0.1, -0.05) is 6.92 Å². The van der Waals surface area contributed by atoms with E-state index in [4.69, 9.17) is 16.3 Å². The standard InChI is InChI=1S/C15H20ClNO3S/c1-3-10(16)13(18)17-14-12(15(19)20-4-2)9-7-5-6-8-11(9)21-14/h10H,3-8H2,1-2H3,(H,17,18)/t10-/m1/s1. The van der Waals surface area contributed by atoms with Crippen molar-refractivity contribution in [1.29, 1.82) is 0 Å². The molecule has 0 bridgehead atoms. The van der Waals surface area contributed by atoms with Gasteiger partial charge in [-0.15, -0.1) is 22.9 Å². The van der Waals surface area contributed by atoms with Crippen LogP contribution >= 0.6 is 22.9 Å². The number of alkyl halides is 1. The van der Waals surface area contributed by atoms with E-state index in [-0.39, 0.29) is 11.9 Å². The van der Waals surface area contributed by atoms with Gasteiger partial charge in [-0.3, -0.25) is 4.79 Å². The third-order valence-electron chi connectivity index (χ3n) is 3.53. The zero-order valence-electron chi connectivity index (χ0n) is 12.3. The number of esters is 1. The van der Waals surface area contributed by atoms with Crippen LogP contribution < -0.4 is 5.32 Å². The number of anilines is 1. The maximum atomic E-state index is 12.2. The molecule has 116 valence electrons. The fraction of sp³-hybridized carbons (Fsp3) is 0.600. The van der Waals surface area contributed by atoms with Crippen LogP contribution in [0.1, 0.15) is 53.9 Å². The van der Waals surface area contributed by atoms with Crippen LogP contribution in [0.15, 0.2) is 0 Å². The molecule has 0 unspecified atom stereocenters.